The van der Waals surface area contributed by atoms with Crippen molar-refractivity contribution < 1.29 is 43.3 Å². The number of benzene rings is 1. The normalized spacial score (nSPS) is 13.0. The number of nitrogens with zero attached hydrogens (tertiary/aromatic N) is 2. The molecule has 0 aliphatic carbocycles. The lowest BCUT2D eigenvalue weighted by Gasteiger charge is -2.36. The highest BCUT2D eigenvalue weighted by Crippen LogP contribution is 2.31. The molecule has 334 valence electrons. The van der Waals surface area contributed by atoms with Gasteiger partial charge in [0, 0.05) is 68.8 Å². The van der Waals surface area contributed by atoms with E-state index < -0.39 is 36.0 Å². The van der Waals surface area contributed by atoms with Crippen LogP contribution in [0.2, 0.25) is 0 Å². The Morgan fingerprint density at radius 2 is 1.67 bits per heavy atom. The van der Waals surface area contributed by atoms with Crippen LogP contribution in [0.1, 0.15) is 133 Å². The van der Waals surface area contributed by atoms with Crippen LogP contribution in [0.4, 0.5) is 4.79 Å². The zero-order chi connectivity index (χ0) is 44.3. The van der Waals surface area contributed by atoms with E-state index in [4.69, 9.17) is 25.6 Å². The largest absolute Gasteiger partial charge is 0.508 e. The van der Waals surface area contributed by atoms with Gasteiger partial charge >= 0.3 is 6.09 Å². The number of nitrogens with one attached hydrogen (secondary N) is 4. The second-order valence-electron chi connectivity index (χ2n) is 15.1. The van der Waals surface area contributed by atoms with Crippen LogP contribution in [0.15, 0.2) is 29.6 Å². The number of thiazole rings is 1. The van der Waals surface area contributed by atoms with Gasteiger partial charge in [0.2, 0.25) is 17.7 Å². The quantitative estimate of drug-likeness (QED) is 0.0356. The number of hydrogen-bond acceptors (Lipinski definition) is 11. The summed E-state index contributed by atoms with van der Waals surface area (Å²) >= 11 is 1.34. The van der Waals surface area contributed by atoms with Crippen molar-refractivity contribution in [1.82, 2.24) is 31.4 Å². The Hall–Kier alpha value is -4.72. The van der Waals surface area contributed by atoms with E-state index in [0.29, 0.717) is 63.2 Å². The van der Waals surface area contributed by atoms with Gasteiger partial charge in [-0.25, -0.2) is 15.2 Å². The van der Waals surface area contributed by atoms with Gasteiger partial charge in [0.05, 0.1) is 13.2 Å². The summed E-state index contributed by atoms with van der Waals surface area (Å²) in [6.45, 7) is 13.8. The first kappa shape index (κ1) is 51.4. The highest BCUT2D eigenvalue weighted by Gasteiger charge is 2.31. The molecule has 3 unspecified atom stereocenters. The molecule has 0 aliphatic rings. The summed E-state index contributed by atoms with van der Waals surface area (Å²) in [5.41, 5.74) is 5.64. The molecule has 2 rings (SSSR count). The molecule has 0 aliphatic heterocycles. The first-order chi connectivity index (χ1) is 28.8. The van der Waals surface area contributed by atoms with Crippen molar-refractivity contribution in [3.8, 4) is 18.1 Å². The number of rotatable bonds is 29. The molecule has 1 aromatic heterocycles. The van der Waals surface area contributed by atoms with Crippen molar-refractivity contribution in [2.75, 3.05) is 39.5 Å². The molecule has 0 fully saturated rings. The molecular formula is C44H68N6O9S. The van der Waals surface area contributed by atoms with Crippen LogP contribution in [0, 0.1) is 24.2 Å². The standard InChI is InChI=1S/C44H68N6O9S/c1-8-12-14-15-39(52)45-21-24-57-25-26-59-44(56)49-48-41(54)32(7)27-34(28-33-17-19-35(51)20-18-33)46-42(55)36-30-60-43(47-36)38(58-23-11-4)29-37(31(5)6)50(22-10-3)40(53)16-13-9-2/h1,17-20,30-32,34,37-38,51H,9-16,21-29H2,2-7H3,(H,45,52)(H,46,55)(H,48,54)(H,49,56)/t32-,34?,37?,38?/m0/s1. The van der Waals surface area contributed by atoms with Gasteiger partial charge in [0.15, 0.2) is 0 Å². The number of hydrazine groups is 1. The highest BCUT2D eigenvalue weighted by atomic mass is 32.1. The summed E-state index contributed by atoms with van der Waals surface area (Å²) in [6.07, 6.45) is 10.4. The number of carbonyl (C=O) groups is 5. The van der Waals surface area contributed by atoms with Crippen molar-refractivity contribution in [2.45, 2.75) is 130 Å². The fraction of sp³-hybridized carbons (Fsp3) is 0.636. The summed E-state index contributed by atoms with van der Waals surface area (Å²) in [6, 6.07) is 6.00. The predicted molar refractivity (Wildman–Crippen MR) is 232 cm³/mol. The zero-order valence-electron chi connectivity index (χ0n) is 36.4. The summed E-state index contributed by atoms with van der Waals surface area (Å²) in [7, 11) is 0. The molecule has 2 aromatic rings. The topological polar surface area (TPSA) is 198 Å². The van der Waals surface area contributed by atoms with Gasteiger partial charge in [-0.05, 0) is 62.1 Å². The third-order valence-corrected chi connectivity index (χ3v) is 10.5. The van der Waals surface area contributed by atoms with E-state index in [2.05, 4.69) is 55.1 Å². The minimum absolute atomic E-state index is 0.0721. The van der Waals surface area contributed by atoms with Gasteiger partial charge in [0.1, 0.15) is 29.2 Å². The van der Waals surface area contributed by atoms with Crippen molar-refractivity contribution in [2.24, 2.45) is 11.8 Å². The fourth-order valence-corrected chi connectivity index (χ4v) is 7.24. The van der Waals surface area contributed by atoms with E-state index in [9.17, 15) is 29.1 Å². The molecule has 1 heterocycles. The first-order valence-corrected chi connectivity index (χ1v) is 22.2. The van der Waals surface area contributed by atoms with Gasteiger partial charge in [-0.1, -0.05) is 60.1 Å². The number of amides is 5. The number of aromatic hydroxyl groups is 1. The van der Waals surface area contributed by atoms with E-state index in [1.807, 2.05) is 11.8 Å². The Bertz CT molecular complexity index is 1630. The van der Waals surface area contributed by atoms with Gasteiger partial charge in [0.25, 0.3) is 5.91 Å². The minimum atomic E-state index is -0.878. The van der Waals surface area contributed by atoms with Gasteiger partial charge in [-0.3, -0.25) is 24.6 Å². The van der Waals surface area contributed by atoms with E-state index in [1.165, 1.54) is 11.3 Å². The third kappa shape index (κ3) is 20.0. The number of unbranched alkanes of at least 4 members (excludes halogenated alkanes) is 2. The van der Waals surface area contributed by atoms with Crippen molar-refractivity contribution in [1.29, 1.82) is 0 Å². The monoisotopic (exact) mass is 856 g/mol. The molecule has 5 amide bonds. The van der Waals surface area contributed by atoms with Crippen molar-refractivity contribution >= 4 is 41.1 Å². The minimum Gasteiger partial charge on any atom is -0.508 e. The number of ether oxygens (including phenoxy) is 3. The first-order valence-electron chi connectivity index (χ1n) is 21.3. The fourth-order valence-electron chi connectivity index (χ4n) is 6.38. The number of aromatic nitrogens is 1. The van der Waals surface area contributed by atoms with Gasteiger partial charge in [-0.15, -0.1) is 23.7 Å². The SMILES string of the molecule is C#CCCCC(=O)NCCOCCOC(=O)NNC(=O)[C@@H](C)CC(Cc1ccc(O)cc1)NC(=O)c1csc(C(CC(C(C)C)N(CCC)C(=O)CCCC)OCCC)n1. The average molecular weight is 857 g/mol. The van der Waals surface area contributed by atoms with E-state index in [1.54, 1.807) is 36.6 Å². The molecule has 0 radical (unpaired) electrons. The molecule has 0 saturated heterocycles. The van der Waals surface area contributed by atoms with Crippen LogP contribution in [0.3, 0.4) is 0 Å². The molecule has 15 nitrogen and oxygen atoms in total. The molecule has 4 atom stereocenters. The third-order valence-electron chi connectivity index (χ3n) is 9.59. The lowest BCUT2D eigenvalue weighted by Crippen LogP contribution is -2.46. The van der Waals surface area contributed by atoms with Crippen LogP contribution >= 0.6 is 11.3 Å². The highest BCUT2D eigenvalue weighted by molar-refractivity contribution is 7.09. The predicted octanol–water partition coefficient (Wildman–Crippen LogP) is 6.22. The molecule has 16 heteroatoms. The summed E-state index contributed by atoms with van der Waals surface area (Å²) in [4.78, 5) is 70.9. The molecule has 0 spiro atoms. The van der Waals surface area contributed by atoms with Gasteiger partial charge in [-0.2, -0.15) is 0 Å². The lowest BCUT2D eigenvalue weighted by atomic mass is 9.95. The molecule has 0 saturated carbocycles. The van der Waals surface area contributed by atoms with E-state index >= 15 is 0 Å². The Labute approximate surface area is 360 Å². The van der Waals surface area contributed by atoms with Crippen LogP contribution in [-0.2, 0) is 35.0 Å². The smallest absolute Gasteiger partial charge is 0.426 e. The Morgan fingerprint density at radius 1 is 0.917 bits per heavy atom. The molecular weight excluding hydrogens is 789 g/mol. The molecule has 60 heavy (non-hydrogen) atoms. The van der Waals surface area contributed by atoms with Crippen LogP contribution < -0.4 is 21.5 Å². The second kappa shape index (κ2) is 29.5. The number of terminal acetylenes is 1. The Morgan fingerprint density at radius 3 is 2.33 bits per heavy atom. The number of phenolic OH excluding ortho intramolecular Hbond substituents is 1. The second-order valence-corrected chi connectivity index (χ2v) is 16.0. The van der Waals surface area contributed by atoms with Crippen LogP contribution in [0.25, 0.3) is 0 Å². The van der Waals surface area contributed by atoms with Crippen molar-refractivity contribution in [3.05, 3.63) is 45.9 Å². The maximum atomic E-state index is 13.8. The maximum absolute atomic E-state index is 13.8. The van der Waals surface area contributed by atoms with E-state index in [-0.39, 0.29) is 61.5 Å². The number of hydrogen-bond donors (Lipinski definition) is 5. The summed E-state index contributed by atoms with van der Waals surface area (Å²) in [5, 5.41) is 17.9. The average Bonchev–Trinajstić information content (AvgIpc) is 3.72. The molecule has 5 N–H and O–H groups in total. The van der Waals surface area contributed by atoms with Gasteiger partial charge < -0.3 is 34.9 Å². The van der Waals surface area contributed by atoms with Crippen molar-refractivity contribution in [3.63, 3.8) is 0 Å². The lowest BCUT2D eigenvalue weighted by molar-refractivity contribution is -0.136. The summed E-state index contributed by atoms with van der Waals surface area (Å²) < 4.78 is 16.8. The van der Waals surface area contributed by atoms with Crippen LogP contribution in [0.5, 0.6) is 5.75 Å². The molecule has 0 bridgehead atoms. The van der Waals surface area contributed by atoms with E-state index in [0.717, 1.165) is 31.2 Å². The van der Waals surface area contributed by atoms with Crippen LogP contribution in [-0.4, -0.2) is 96.3 Å². The zero-order valence-corrected chi connectivity index (χ0v) is 37.2. The maximum Gasteiger partial charge on any atom is 0.426 e. The molecule has 1 aromatic carbocycles. The summed E-state index contributed by atoms with van der Waals surface area (Å²) in [5.74, 6) is 1.22. The Balaban J connectivity index is 2.05. The number of carbonyl (C=O) groups excluding carboxylic acids is 5. The number of phenols is 1. The Kier molecular flexibility index (Phi) is 25.3.